The Morgan fingerprint density at radius 2 is 2.00 bits per heavy atom. The summed E-state index contributed by atoms with van der Waals surface area (Å²) in [6.07, 6.45) is 4.35. The lowest BCUT2D eigenvalue weighted by Crippen LogP contribution is -2.47. The number of hydrogen-bond donors (Lipinski definition) is 1. The number of thiocarbonyl (C=S) groups is 1. The van der Waals surface area contributed by atoms with Crippen molar-refractivity contribution in [3.05, 3.63) is 58.8 Å². The van der Waals surface area contributed by atoms with Crippen molar-refractivity contribution in [1.82, 2.24) is 10.3 Å². The number of rotatable bonds is 3. The molecule has 0 atom stereocenters. The van der Waals surface area contributed by atoms with Crippen molar-refractivity contribution < 1.29 is 14.0 Å². The van der Waals surface area contributed by atoms with Crippen LogP contribution < -0.4 is 15.1 Å². The molecule has 1 saturated carbocycles. The number of carbonyl (C=O) groups is 2. The maximum atomic E-state index is 14.7. The van der Waals surface area contributed by atoms with Crippen LogP contribution in [0.2, 0.25) is 0 Å². The zero-order valence-electron chi connectivity index (χ0n) is 17.1. The van der Waals surface area contributed by atoms with E-state index in [1.54, 1.807) is 24.0 Å². The van der Waals surface area contributed by atoms with Crippen LogP contribution in [0.4, 0.5) is 21.6 Å². The van der Waals surface area contributed by atoms with E-state index >= 15 is 0 Å². The largest absolute Gasteiger partial charge is 0.360 e. The molecule has 1 N–H and O–H groups in total. The third kappa shape index (κ3) is 3.15. The minimum absolute atomic E-state index is 0.0745. The summed E-state index contributed by atoms with van der Waals surface area (Å²) in [7, 11) is 1.44. The predicted octanol–water partition coefficient (Wildman–Crippen LogP) is 3.89. The van der Waals surface area contributed by atoms with Gasteiger partial charge in [-0.25, -0.2) is 4.39 Å². The molecule has 1 aromatic carbocycles. The molecular weight excluding hydrogens is 417 g/mol. The molecular formula is C22H20FN5O2S. The van der Waals surface area contributed by atoms with Gasteiger partial charge in [0.2, 0.25) is 0 Å². The molecule has 2 aliphatic rings. The summed E-state index contributed by atoms with van der Waals surface area (Å²) >= 11 is 5.71. The van der Waals surface area contributed by atoms with Crippen molar-refractivity contribution in [2.45, 2.75) is 38.1 Å². The fourth-order valence-corrected chi connectivity index (χ4v) is 4.88. The van der Waals surface area contributed by atoms with Crippen LogP contribution in [0.3, 0.4) is 0 Å². The average Bonchev–Trinajstić information content (AvgIpc) is 3.31. The molecule has 31 heavy (non-hydrogen) atoms. The Labute approximate surface area is 184 Å². The highest BCUT2D eigenvalue weighted by molar-refractivity contribution is 7.81. The Bertz CT molecular complexity index is 1150. The van der Waals surface area contributed by atoms with Crippen LogP contribution in [-0.2, 0) is 4.79 Å². The minimum atomic E-state index is -0.898. The third-order valence-corrected chi connectivity index (χ3v) is 6.29. The van der Waals surface area contributed by atoms with Crippen LogP contribution >= 0.6 is 12.2 Å². The standard InChI is InChI=1S/C22H20FN5O2S/c1-13-10-15(12-26-18(13)24-2)27-20(30)22(8-4-5-9-22)28(21(27)31)14-6-7-16(17(23)11-14)19(29)25-3/h6-7,10-12H,4-5,8-9H2,1,3H3,(H,25,29). The number of carbonyl (C=O) groups excluding carboxylic acids is 2. The van der Waals surface area contributed by atoms with Gasteiger partial charge in [-0.2, -0.15) is 0 Å². The van der Waals surface area contributed by atoms with E-state index in [-0.39, 0.29) is 22.4 Å². The molecule has 9 heteroatoms. The van der Waals surface area contributed by atoms with E-state index in [4.69, 9.17) is 18.8 Å². The predicted molar refractivity (Wildman–Crippen MR) is 119 cm³/mol. The summed E-state index contributed by atoms with van der Waals surface area (Å²) in [4.78, 5) is 36.2. The molecule has 1 aromatic heterocycles. The second-order valence-corrected chi connectivity index (χ2v) is 8.05. The number of hydrogen-bond acceptors (Lipinski definition) is 4. The van der Waals surface area contributed by atoms with E-state index in [0.717, 1.165) is 12.8 Å². The quantitative estimate of drug-likeness (QED) is 0.583. The number of amides is 2. The van der Waals surface area contributed by atoms with Gasteiger partial charge in [0.1, 0.15) is 17.6 Å². The van der Waals surface area contributed by atoms with Crippen LogP contribution in [0.1, 0.15) is 41.6 Å². The number of aromatic nitrogens is 1. The molecule has 2 aromatic rings. The molecule has 1 aliphatic carbocycles. The molecule has 4 rings (SSSR count). The van der Waals surface area contributed by atoms with Crippen molar-refractivity contribution in [3.8, 4) is 0 Å². The van der Waals surface area contributed by atoms with Crippen molar-refractivity contribution >= 4 is 46.3 Å². The highest BCUT2D eigenvalue weighted by Gasteiger charge is 2.57. The highest BCUT2D eigenvalue weighted by atomic mass is 32.1. The van der Waals surface area contributed by atoms with Gasteiger partial charge in [0.05, 0.1) is 11.3 Å². The monoisotopic (exact) mass is 437 g/mol. The van der Waals surface area contributed by atoms with Crippen LogP contribution in [0.15, 0.2) is 30.5 Å². The maximum absolute atomic E-state index is 14.7. The number of anilines is 2. The van der Waals surface area contributed by atoms with Crippen molar-refractivity contribution in [2.24, 2.45) is 0 Å². The third-order valence-electron chi connectivity index (χ3n) is 5.93. The van der Waals surface area contributed by atoms with Gasteiger partial charge < -0.3 is 15.1 Å². The molecule has 1 saturated heterocycles. The van der Waals surface area contributed by atoms with E-state index < -0.39 is 17.3 Å². The lowest BCUT2D eigenvalue weighted by Gasteiger charge is -2.32. The zero-order valence-corrected chi connectivity index (χ0v) is 17.9. The van der Waals surface area contributed by atoms with Crippen LogP contribution in [-0.4, -0.2) is 34.5 Å². The lowest BCUT2D eigenvalue weighted by atomic mass is 9.94. The van der Waals surface area contributed by atoms with Gasteiger partial charge in [0.15, 0.2) is 5.11 Å². The van der Waals surface area contributed by atoms with E-state index in [1.165, 1.54) is 30.3 Å². The molecule has 2 heterocycles. The number of halogens is 1. The fourth-order valence-electron chi connectivity index (χ4n) is 4.41. The van der Waals surface area contributed by atoms with Crippen molar-refractivity contribution in [1.29, 1.82) is 0 Å². The van der Waals surface area contributed by atoms with Gasteiger partial charge in [0, 0.05) is 12.7 Å². The Balaban J connectivity index is 1.81. The molecule has 1 aliphatic heterocycles. The summed E-state index contributed by atoms with van der Waals surface area (Å²) in [5, 5.41) is 2.64. The summed E-state index contributed by atoms with van der Waals surface area (Å²) in [6.45, 7) is 8.94. The first-order valence-electron chi connectivity index (χ1n) is 9.88. The average molecular weight is 438 g/mol. The number of aryl methyl sites for hydroxylation is 1. The summed E-state index contributed by atoms with van der Waals surface area (Å²) < 4.78 is 14.7. The second kappa shape index (κ2) is 7.71. The van der Waals surface area contributed by atoms with Crippen LogP contribution in [0.5, 0.6) is 0 Å². The van der Waals surface area contributed by atoms with E-state index in [9.17, 15) is 14.0 Å². The van der Waals surface area contributed by atoms with Gasteiger partial charge in [0.25, 0.3) is 17.6 Å². The van der Waals surface area contributed by atoms with E-state index in [1.807, 2.05) is 0 Å². The molecule has 158 valence electrons. The molecule has 2 amide bonds. The number of benzene rings is 1. The first-order chi connectivity index (χ1) is 14.8. The Morgan fingerprint density at radius 3 is 2.58 bits per heavy atom. The molecule has 1 spiro atoms. The smallest absolute Gasteiger partial charge is 0.272 e. The normalized spacial score (nSPS) is 17.4. The number of nitrogens with zero attached hydrogens (tertiary/aromatic N) is 4. The molecule has 0 bridgehead atoms. The summed E-state index contributed by atoms with van der Waals surface area (Å²) in [5.74, 6) is -1.12. The van der Waals surface area contributed by atoms with Gasteiger partial charge >= 0.3 is 0 Å². The SMILES string of the molecule is [C-]#[N+]c1ncc(N2C(=O)C3(CCCC3)N(c3ccc(C(=O)NC)c(F)c3)C2=S)cc1C. The van der Waals surface area contributed by atoms with Gasteiger partial charge in [-0.3, -0.25) is 14.5 Å². The minimum Gasteiger partial charge on any atom is -0.360 e. The summed E-state index contributed by atoms with van der Waals surface area (Å²) in [5.41, 5.74) is 0.578. The van der Waals surface area contributed by atoms with Gasteiger partial charge in [-0.05, 0) is 61.8 Å². The molecule has 0 radical (unpaired) electrons. The topological polar surface area (TPSA) is 69.9 Å². The van der Waals surface area contributed by atoms with E-state index in [0.29, 0.717) is 29.8 Å². The molecule has 2 fully saturated rings. The van der Waals surface area contributed by atoms with E-state index in [2.05, 4.69) is 15.1 Å². The van der Waals surface area contributed by atoms with Crippen molar-refractivity contribution in [2.75, 3.05) is 16.8 Å². The summed E-state index contributed by atoms with van der Waals surface area (Å²) in [6, 6.07) is 5.98. The first kappa shape index (κ1) is 20.9. The van der Waals surface area contributed by atoms with Gasteiger partial charge in [-0.15, -0.1) is 4.98 Å². The zero-order chi connectivity index (χ0) is 22.3. The Morgan fingerprint density at radius 1 is 1.29 bits per heavy atom. The lowest BCUT2D eigenvalue weighted by molar-refractivity contribution is -0.121. The van der Waals surface area contributed by atoms with Crippen LogP contribution in [0.25, 0.3) is 4.85 Å². The van der Waals surface area contributed by atoms with Crippen molar-refractivity contribution in [3.63, 3.8) is 0 Å². The first-order valence-corrected chi connectivity index (χ1v) is 10.3. The van der Waals surface area contributed by atoms with Gasteiger partial charge in [-0.1, -0.05) is 19.4 Å². The fraction of sp³-hybridized carbons (Fsp3) is 0.318. The number of pyridine rings is 1. The van der Waals surface area contributed by atoms with Crippen LogP contribution in [0, 0.1) is 19.3 Å². The second-order valence-electron chi connectivity index (χ2n) is 7.69. The highest BCUT2D eigenvalue weighted by Crippen LogP contribution is 2.46. The number of nitrogens with one attached hydrogen (secondary N) is 1. The maximum Gasteiger partial charge on any atom is 0.272 e. The Kier molecular flexibility index (Phi) is 5.19. The molecule has 0 unspecified atom stereocenters. The molecule has 7 nitrogen and oxygen atoms in total. The Hall–Kier alpha value is -3.38.